The molecule has 2 aromatic carbocycles. The maximum absolute atomic E-state index is 12.7. The SMILES string of the molecule is CCOc1ccc(/C=C(/C#N)C(=O)Nc2ccc(S(=O)(=O)Nc3cc(C)nc(C)n3)cc2)cc1OC. The van der Waals surface area contributed by atoms with Crippen LogP contribution in [0, 0.1) is 25.2 Å². The third-order valence-electron chi connectivity index (χ3n) is 4.79. The molecule has 0 aliphatic rings. The van der Waals surface area contributed by atoms with E-state index < -0.39 is 15.9 Å². The number of nitrogens with one attached hydrogen (secondary N) is 2. The molecule has 0 saturated carbocycles. The quantitative estimate of drug-likeness (QED) is 0.328. The molecular formula is C25H25N5O5S. The van der Waals surface area contributed by atoms with Gasteiger partial charge < -0.3 is 14.8 Å². The fourth-order valence-corrected chi connectivity index (χ4v) is 4.24. The average molecular weight is 508 g/mol. The second kappa shape index (κ2) is 11.3. The molecule has 10 nitrogen and oxygen atoms in total. The maximum Gasteiger partial charge on any atom is 0.266 e. The molecule has 0 aliphatic heterocycles. The zero-order valence-electron chi connectivity index (χ0n) is 20.2. The summed E-state index contributed by atoms with van der Waals surface area (Å²) < 4.78 is 38.6. The van der Waals surface area contributed by atoms with Crippen molar-refractivity contribution in [3.8, 4) is 17.6 Å². The van der Waals surface area contributed by atoms with E-state index in [0.717, 1.165) is 0 Å². The molecule has 186 valence electrons. The Balaban J connectivity index is 1.74. The van der Waals surface area contributed by atoms with Crippen LogP contribution in [0.15, 0.2) is 59.0 Å². The van der Waals surface area contributed by atoms with Crippen molar-refractivity contribution in [2.24, 2.45) is 0 Å². The van der Waals surface area contributed by atoms with E-state index >= 15 is 0 Å². The molecule has 0 saturated heterocycles. The minimum atomic E-state index is -3.91. The largest absolute Gasteiger partial charge is 0.493 e. The van der Waals surface area contributed by atoms with E-state index in [1.807, 2.05) is 13.0 Å². The Morgan fingerprint density at radius 2 is 1.81 bits per heavy atom. The first-order chi connectivity index (χ1) is 17.1. The fourth-order valence-electron chi connectivity index (χ4n) is 3.25. The Morgan fingerprint density at radius 1 is 1.08 bits per heavy atom. The molecule has 1 heterocycles. The number of benzene rings is 2. The minimum absolute atomic E-state index is 0.0213. The number of hydrogen-bond donors (Lipinski definition) is 2. The van der Waals surface area contributed by atoms with Gasteiger partial charge in [0.25, 0.3) is 15.9 Å². The smallest absolute Gasteiger partial charge is 0.266 e. The van der Waals surface area contributed by atoms with Gasteiger partial charge in [0, 0.05) is 17.4 Å². The molecule has 0 atom stereocenters. The van der Waals surface area contributed by atoms with Crippen LogP contribution >= 0.6 is 0 Å². The van der Waals surface area contributed by atoms with Crippen molar-refractivity contribution in [1.29, 1.82) is 5.26 Å². The van der Waals surface area contributed by atoms with E-state index in [-0.39, 0.29) is 16.3 Å². The van der Waals surface area contributed by atoms with Gasteiger partial charge in [-0.15, -0.1) is 0 Å². The van der Waals surface area contributed by atoms with Crippen LogP contribution in [0.5, 0.6) is 11.5 Å². The number of nitriles is 1. The summed E-state index contributed by atoms with van der Waals surface area (Å²) in [5.74, 6) is 0.976. The van der Waals surface area contributed by atoms with Gasteiger partial charge in [0.15, 0.2) is 11.5 Å². The van der Waals surface area contributed by atoms with Crippen molar-refractivity contribution >= 4 is 33.5 Å². The first-order valence-corrected chi connectivity index (χ1v) is 12.3. The Kier molecular flexibility index (Phi) is 8.24. The van der Waals surface area contributed by atoms with Gasteiger partial charge in [-0.25, -0.2) is 18.4 Å². The first kappa shape index (κ1) is 26.2. The van der Waals surface area contributed by atoms with Crippen molar-refractivity contribution in [3.05, 3.63) is 71.2 Å². The van der Waals surface area contributed by atoms with Gasteiger partial charge in [-0.2, -0.15) is 5.26 Å². The molecule has 0 fully saturated rings. The summed E-state index contributed by atoms with van der Waals surface area (Å²) in [5.41, 5.74) is 1.38. The van der Waals surface area contributed by atoms with E-state index in [0.29, 0.717) is 40.9 Å². The lowest BCUT2D eigenvalue weighted by molar-refractivity contribution is -0.112. The summed E-state index contributed by atoms with van der Waals surface area (Å²) in [4.78, 5) is 20.8. The van der Waals surface area contributed by atoms with Crippen molar-refractivity contribution in [2.45, 2.75) is 25.7 Å². The lowest BCUT2D eigenvalue weighted by atomic mass is 10.1. The topological polar surface area (TPSA) is 143 Å². The van der Waals surface area contributed by atoms with E-state index in [4.69, 9.17) is 9.47 Å². The lowest BCUT2D eigenvalue weighted by Gasteiger charge is -2.10. The molecule has 0 bridgehead atoms. The number of aryl methyl sites for hydroxylation is 2. The number of carbonyl (C=O) groups is 1. The highest BCUT2D eigenvalue weighted by molar-refractivity contribution is 7.92. The summed E-state index contributed by atoms with van der Waals surface area (Å²) in [6.45, 7) is 5.72. The highest BCUT2D eigenvalue weighted by atomic mass is 32.2. The van der Waals surface area contributed by atoms with Crippen LogP contribution < -0.4 is 19.5 Å². The van der Waals surface area contributed by atoms with E-state index in [1.165, 1.54) is 43.5 Å². The van der Waals surface area contributed by atoms with Crippen LogP contribution in [0.2, 0.25) is 0 Å². The predicted molar refractivity (Wildman–Crippen MR) is 135 cm³/mol. The number of nitrogens with zero attached hydrogens (tertiary/aromatic N) is 3. The highest BCUT2D eigenvalue weighted by Crippen LogP contribution is 2.29. The predicted octanol–water partition coefficient (Wildman–Crippen LogP) is 3.85. The summed E-state index contributed by atoms with van der Waals surface area (Å²) >= 11 is 0. The van der Waals surface area contributed by atoms with Crippen LogP contribution in [-0.2, 0) is 14.8 Å². The molecule has 3 rings (SSSR count). The van der Waals surface area contributed by atoms with Gasteiger partial charge in [-0.05, 0) is 68.8 Å². The van der Waals surface area contributed by atoms with Crippen LogP contribution in [0.1, 0.15) is 24.0 Å². The number of aromatic nitrogens is 2. The fraction of sp³-hybridized carbons (Fsp3) is 0.200. The number of carbonyl (C=O) groups excluding carboxylic acids is 1. The third-order valence-corrected chi connectivity index (χ3v) is 6.16. The monoisotopic (exact) mass is 507 g/mol. The second-order valence-corrected chi connectivity index (χ2v) is 9.22. The molecule has 2 N–H and O–H groups in total. The number of anilines is 2. The van der Waals surface area contributed by atoms with E-state index in [2.05, 4.69) is 20.0 Å². The van der Waals surface area contributed by atoms with Crippen molar-refractivity contribution in [1.82, 2.24) is 9.97 Å². The Bertz CT molecular complexity index is 1420. The molecule has 0 unspecified atom stereocenters. The molecule has 0 aliphatic carbocycles. The van der Waals surface area contributed by atoms with Gasteiger partial charge in [-0.3, -0.25) is 9.52 Å². The molecular weight excluding hydrogens is 482 g/mol. The summed E-state index contributed by atoms with van der Waals surface area (Å²) in [6, 6.07) is 14.0. The minimum Gasteiger partial charge on any atom is -0.493 e. The third kappa shape index (κ3) is 6.58. The molecule has 36 heavy (non-hydrogen) atoms. The molecule has 1 amide bonds. The van der Waals surface area contributed by atoms with Gasteiger partial charge in [-0.1, -0.05) is 6.07 Å². The Morgan fingerprint density at radius 3 is 2.42 bits per heavy atom. The van der Waals surface area contributed by atoms with Gasteiger partial charge in [0.05, 0.1) is 18.6 Å². The van der Waals surface area contributed by atoms with Crippen LogP contribution in [0.25, 0.3) is 6.08 Å². The number of ether oxygens (including phenoxy) is 2. The van der Waals surface area contributed by atoms with E-state index in [9.17, 15) is 18.5 Å². The second-order valence-electron chi connectivity index (χ2n) is 7.54. The van der Waals surface area contributed by atoms with Crippen molar-refractivity contribution < 1.29 is 22.7 Å². The first-order valence-electron chi connectivity index (χ1n) is 10.8. The van der Waals surface area contributed by atoms with Gasteiger partial charge >= 0.3 is 0 Å². The van der Waals surface area contributed by atoms with Crippen molar-refractivity contribution in [2.75, 3.05) is 23.8 Å². The average Bonchev–Trinajstić information content (AvgIpc) is 2.82. The number of hydrogen-bond acceptors (Lipinski definition) is 8. The summed E-state index contributed by atoms with van der Waals surface area (Å²) in [7, 11) is -2.41. The molecule has 0 radical (unpaired) electrons. The lowest BCUT2D eigenvalue weighted by Crippen LogP contribution is -2.16. The van der Waals surface area contributed by atoms with Gasteiger partial charge in [0.2, 0.25) is 0 Å². The zero-order valence-corrected chi connectivity index (χ0v) is 21.0. The summed E-state index contributed by atoms with van der Waals surface area (Å²) in [6.07, 6.45) is 1.42. The zero-order chi connectivity index (χ0) is 26.3. The molecule has 11 heteroatoms. The normalized spacial score (nSPS) is 11.4. The number of amides is 1. The number of sulfonamides is 1. The van der Waals surface area contributed by atoms with Crippen molar-refractivity contribution in [3.63, 3.8) is 0 Å². The van der Waals surface area contributed by atoms with Crippen LogP contribution in [0.4, 0.5) is 11.5 Å². The van der Waals surface area contributed by atoms with Crippen LogP contribution in [-0.4, -0.2) is 38.0 Å². The Hall–Kier alpha value is -4.43. The number of rotatable bonds is 9. The van der Waals surface area contributed by atoms with Gasteiger partial charge in [0.1, 0.15) is 23.3 Å². The maximum atomic E-state index is 12.7. The summed E-state index contributed by atoms with van der Waals surface area (Å²) in [5, 5.41) is 12.1. The number of methoxy groups -OCH3 is 1. The van der Waals surface area contributed by atoms with E-state index in [1.54, 1.807) is 32.0 Å². The Labute approximate surface area is 209 Å². The molecule has 0 spiro atoms. The molecule has 3 aromatic rings. The standard InChI is InChI=1S/C25H25N5O5S/c1-5-35-22-11-6-18(14-23(22)34-4)13-19(15-26)25(31)29-20-7-9-21(10-8-20)36(32,33)30-24-12-16(2)27-17(3)28-24/h6-14H,5H2,1-4H3,(H,29,31)(H,27,28,30)/b19-13-. The van der Waals surface area contributed by atoms with Crippen LogP contribution in [0.3, 0.4) is 0 Å². The highest BCUT2D eigenvalue weighted by Gasteiger charge is 2.17. The molecule has 1 aromatic heterocycles.